The third kappa shape index (κ3) is 1.59. The van der Waals surface area contributed by atoms with Crippen LogP contribution in [0.1, 0.15) is 5.69 Å². The van der Waals surface area contributed by atoms with Gasteiger partial charge in [0.2, 0.25) is 0 Å². The molecule has 70 valence electrons. The van der Waals surface area contributed by atoms with Crippen LogP contribution in [0.4, 0.5) is 0 Å². The van der Waals surface area contributed by atoms with Crippen LogP contribution in [-0.4, -0.2) is 11.5 Å². The quantitative estimate of drug-likeness (QED) is 0.761. The second-order valence-electron chi connectivity index (χ2n) is 3.03. The van der Waals surface area contributed by atoms with E-state index in [4.69, 9.17) is 0 Å². The van der Waals surface area contributed by atoms with Crippen molar-refractivity contribution in [1.82, 2.24) is 10.3 Å². The van der Waals surface area contributed by atoms with Crippen LogP contribution in [0.25, 0.3) is 5.70 Å². The van der Waals surface area contributed by atoms with Crippen LogP contribution in [0.3, 0.4) is 0 Å². The molecule has 2 nitrogen and oxygen atoms in total. The van der Waals surface area contributed by atoms with Crippen molar-refractivity contribution < 1.29 is 0 Å². The van der Waals surface area contributed by atoms with Gasteiger partial charge in [-0.2, -0.15) is 0 Å². The molecular formula is C12H12N2. The molecule has 0 amide bonds. The second kappa shape index (κ2) is 3.92. The van der Waals surface area contributed by atoms with Crippen molar-refractivity contribution in [2.24, 2.45) is 0 Å². The van der Waals surface area contributed by atoms with Gasteiger partial charge >= 0.3 is 0 Å². The summed E-state index contributed by atoms with van der Waals surface area (Å²) in [7, 11) is 0. The Kier molecular flexibility index (Phi) is 2.45. The third-order valence-corrected chi connectivity index (χ3v) is 2.12. The highest BCUT2D eigenvalue weighted by Crippen LogP contribution is 2.17. The highest BCUT2D eigenvalue weighted by Gasteiger charge is 2.07. The Hall–Kier alpha value is -1.83. The van der Waals surface area contributed by atoms with Gasteiger partial charge < -0.3 is 5.32 Å². The summed E-state index contributed by atoms with van der Waals surface area (Å²) in [6.45, 7) is 4.63. The summed E-state index contributed by atoms with van der Waals surface area (Å²) in [6.07, 6.45) is 7.77. The Bertz CT molecular complexity index is 388. The summed E-state index contributed by atoms with van der Waals surface area (Å²) in [5.74, 6) is 0. The molecule has 1 N–H and O–H groups in total. The Labute approximate surface area is 83.7 Å². The molecule has 0 unspecified atom stereocenters. The summed E-state index contributed by atoms with van der Waals surface area (Å²) in [5, 5.41) is 3.30. The normalized spacial score (nSPS) is 15.1. The molecule has 0 aliphatic carbocycles. The van der Waals surface area contributed by atoms with Crippen LogP contribution < -0.4 is 5.32 Å². The molecular weight excluding hydrogens is 172 g/mol. The zero-order valence-electron chi connectivity index (χ0n) is 7.90. The molecule has 0 radical (unpaired) electrons. The molecule has 1 aromatic rings. The zero-order valence-corrected chi connectivity index (χ0v) is 7.90. The number of allylic oxidation sites excluding steroid dienone is 3. The minimum Gasteiger partial charge on any atom is -0.379 e. The van der Waals surface area contributed by atoms with Gasteiger partial charge in [-0.3, -0.25) is 4.98 Å². The van der Waals surface area contributed by atoms with Gasteiger partial charge in [0.15, 0.2) is 0 Å². The predicted octanol–water partition coefficient (Wildman–Crippen LogP) is 2.14. The highest BCUT2D eigenvalue weighted by atomic mass is 14.9. The highest BCUT2D eigenvalue weighted by molar-refractivity contribution is 5.70. The molecule has 0 saturated heterocycles. The summed E-state index contributed by atoms with van der Waals surface area (Å²) in [5.41, 5.74) is 3.12. The number of nitrogens with one attached hydrogen (secondary N) is 1. The molecule has 0 saturated carbocycles. The van der Waals surface area contributed by atoms with E-state index in [0.717, 1.165) is 23.5 Å². The van der Waals surface area contributed by atoms with Crippen molar-refractivity contribution in [3.05, 3.63) is 60.5 Å². The average Bonchev–Trinajstić information content (AvgIpc) is 2.30. The maximum absolute atomic E-state index is 4.30. The van der Waals surface area contributed by atoms with E-state index in [-0.39, 0.29) is 0 Å². The third-order valence-electron chi connectivity index (χ3n) is 2.12. The first-order chi connectivity index (χ1) is 6.92. The van der Waals surface area contributed by atoms with Crippen molar-refractivity contribution in [3.8, 4) is 0 Å². The first kappa shape index (κ1) is 8.75. The van der Waals surface area contributed by atoms with E-state index in [1.165, 1.54) is 0 Å². The Balaban J connectivity index is 2.46. The molecule has 1 aliphatic heterocycles. The SMILES string of the molecule is C=CC1=C(c2ccccn2)NCC=C1. The van der Waals surface area contributed by atoms with E-state index >= 15 is 0 Å². The molecule has 2 rings (SSSR count). The standard InChI is InChI=1S/C12H12N2/c1-2-10-6-5-9-14-12(10)11-7-3-4-8-13-11/h2-8,14H,1,9H2. The Morgan fingerprint density at radius 3 is 3.07 bits per heavy atom. The van der Waals surface area contributed by atoms with Gasteiger partial charge in [-0.05, 0) is 17.7 Å². The van der Waals surface area contributed by atoms with E-state index in [0.29, 0.717) is 0 Å². The summed E-state index contributed by atoms with van der Waals surface area (Å²) in [6, 6.07) is 5.89. The number of hydrogen-bond donors (Lipinski definition) is 1. The predicted molar refractivity (Wildman–Crippen MR) is 58.5 cm³/mol. The van der Waals surface area contributed by atoms with Crippen LogP contribution >= 0.6 is 0 Å². The average molecular weight is 184 g/mol. The monoisotopic (exact) mass is 184 g/mol. The minimum absolute atomic E-state index is 0.850. The number of aromatic nitrogens is 1. The van der Waals surface area contributed by atoms with Gasteiger partial charge in [0.1, 0.15) is 0 Å². The molecule has 0 atom stereocenters. The molecule has 1 aliphatic rings. The Morgan fingerprint density at radius 1 is 1.43 bits per heavy atom. The fourth-order valence-electron chi connectivity index (χ4n) is 1.45. The fourth-order valence-corrected chi connectivity index (χ4v) is 1.45. The van der Waals surface area contributed by atoms with Crippen LogP contribution in [0.5, 0.6) is 0 Å². The maximum atomic E-state index is 4.30. The van der Waals surface area contributed by atoms with E-state index in [1.54, 1.807) is 6.20 Å². The lowest BCUT2D eigenvalue weighted by molar-refractivity contribution is 0.972. The van der Waals surface area contributed by atoms with Gasteiger partial charge in [-0.1, -0.05) is 30.9 Å². The molecule has 2 heterocycles. The topological polar surface area (TPSA) is 24.9 Å². The summed E-state index contributed by atoms with van der Waals surface area (Å²) < 4.78 is 0. The zero-order chi connectivity index (χ0) is 9.80. The number of hydrogen-bond acceptors (Lipinski definition) is 2. The number of dihydropyridines is 1. The largest absolute Gasteiger partial charge is 0.379 e. The van der Waals surface area contributed by atoms with E-state index in [1.807, 2.05) is 24.3 Å². The molecule has 0 spiro atoms. The van der Waals surface area contributed by atoms with Gasteiger partial charge in [-0.25, -0.2) is 0 Å². The van der Waals surface area contributed by atoms with Gasteiger partial charge in [-0.15, -0.1) is 0 Å². The molecule has 1 aromatic heterocycles. The molecule has 0 bridgehead atoms. The van der Waals surface area contributed by atoms with Crippen LogP contribution in [-0.2, 0) is 0 Å². The fraction of sp³-hybridized carbons (Fsp3) is 0.0833. The van der Waals surface area contributed by atoms with Gasteiger partial charge in [0.25, 0.3) is 0 Å². The van der Waals surface area contributed by atoms with Crippen LogP contribution in [0, 0.1) is 0 Å². The van der Waals surface area contributed by atoms with Gasteiger partial charge in [0.05, 0.1) is 11.4 Å². The van der Waals surface area contributed by atoms with Crippen molar-refractivity contribution >= 4 is 5.70 Å². The lowest BCUT2D eigenvalue weighted by Gasteiger charge is -2.15. The van der Waals surface area contributed by atoms with Crippen molar-refractivity contribution in [2.45, 2.75) is 0 Å². The van der Waals surface area contributed by atoms with Crippen molar-refractivity contribution in [2.75, 3.05) is 6.54 Å². The molecule has 0 aromatic carbocycles. The van der Waals surface area contributed by atoms with Crippen LogP contribution in [0.15, 0.2) is 54.8 Å². The van der Waals surface area contributed by atoms with E-state index in [9.17, 15) is 0 Å². The number of nitrogens with zero attached hydrogens (tertiary/aromatic N) is 1. The number of pyridine rings is 1. The Morgan fingerprint density at radius 2 is 2.36 bits per heavy atom. The molecule has 0 fully saturated rings. The minimum atomic E-state index is 0.850. The molecule has 14 heavy (non-hydrogen) atoms. The lowest BCUT2D eigenvalue weighted by atomic mass is 10.1. The van der Waals surface area contributed by atoms with Gasteiger partial charge in [0, 0.05) is 12.7 Å². The number of rotatable bonds is 2. The molecule has 2 heteroatoms. The van der Waals surface area contributed by atoms with E-state index in [2.05, 4.69) is 29.0 Å². The van der Waals surface area contributed by atoms with Crippen molar-refractivity contribution in [3.63, 3.8) is 0 Å². The second-order valence-corrected chi connectivity index (χ2v) is 3.03. The maximum Gasteiger partial charge on any atom is 0.0867 e. The first-order valence-electron chi connectivity index (χ1n) is 4.60. The summed E-state index contributed by atoms with van der Waals surface area (Å²) in [4.78, 5) is 4.30. The first-order valence-corrected chi connectivity index (χ1v) is 4.60. The van der Waals surface area contributed by atoms with E-state index < -0.39 is 0 Å². The smallest absolute Gasteiger partial charge is 0.0867 e. The lowest BCUT2D eigenvalue weighted by Crippen LogP contribution is -2.17. The van der Waals surface area contributed by atoms with Crippen LogP contribution in [0.2, 0.25) is 0 Å². The summed E-state index contributed by atoms with van der Waals surface area (Å²) >= 11 is 0. The van der Waals surface area contributed by atoms with Crippen molar-refractivity contribution in [1.29, 1.82) is 0 Å².